The van der Waals surface area contributed by atoms with Crippen LogP contribution in [0.4, 0.5) is 5.69 Å². The first-order valence-electron chi connectivity index (χ1n) is 9.49. The van der Waals surface area contributed by atoms with Crippen molar-refractivity contribution in [3.63, 3.8) is 0 Å². The van der Waals surface area contributed by atoms with Crippen molar-refractivity contribution in [3.8, 4) is 0 Å². The Bertz CT molecular complexity index is 1090. The van der Waals surface area contributed by atoms with Crippen molar-refractivity contribution in [1.82, 2.24) is 15.6 Å². The quantitative estimate of drug-likeness (QED) is 0.426. The summed E-state index contributed by atoms with van der Waals surface area (Å²) < 4.78 is 0.948. The van der Waals surface area contributed by atoms with Crippen molar-refractivity contribution in [2.75, 3.05) is 11.9 Å². The zero-order valence-electron chi connectivity index (χ0n) is 16.7. The lowest BCUT2D eigenvalue weighted by Crippen LogP contribution is -2.49. The number of carbonyl (C=O) groups excluding carboxylic acids is 3. The van der Waals surface area contributed by atoms with E-state index >= 15 is 0 Å². The highest BCUT2D eigenvalue weighted by molar-refractivity contribution is 9.10. The van der Waals surface area contributed by atoms with E-state index in [1.165, 1.54) is 6.92 Å². The van der Waals surface area contributed by atoms with Crippen molar-refractivity contribution >= 4 is 50.2 Å². The topological polar surface area (TPSA) is 103 Å². The Morgan fingerprint density at radius 1 is 1.13 bits per heavy atom. The number of para-hydroxylation sites is 1. The number of halogens is 1. The number of rotatable bonds is 7. The number of aryl methyl sites for hydroxylation is 1. The molecule has 0 aliphatic rings. The standard InChI is InChI=1S/C22H23BrN4O3/c1-13-9-16(7-8-18(13)23)27-21(29)12-25-22(30)20(26-14(2)28)10-15-11-24-19-6-4-3-5-17(15)19/h3-9,11,20,24H,10,12H2,1-2H3,(H,25,30)(H,26,28)(H,27,29). The minimum absolute atomic E-state index is 0.197. The second-order valence-electron chi connectivity index (χ2n) is 7.05. The van der Waals surface area contributed by atoms with Crippen molar-refractivity contribution in [3.05, 3.63) is 64.3 Å². The Kier molecular flexibility index (Phi) is 6.89. The molecule has 0 aliphatic heterocycles. The summed E-state index contributed by atoms with van der Waals surface area (Å²) in [5.41, 5.74) is 3.50. The van der Waals surface area contributed by atoms with Gasteiger partial charge in [-0.15, -0.1) is 0 Å². The summed E-state index contributed by atoms with van der Waals surface area (Å²) in [6, 6.07) is 12.4. The lowest BCUT2D eigenvalue weighted by atomic mass is 10.0. The summed E-state index contributed by atoms with van der Waals surface area (Å²) in [6.07, 6.45) is 2.14. The number of aromatic amines is 1. The minimum Gasteiger partial charge on any atom is -0.361 e. The van der Waals surface area contributed by atoms with Crippen LogP contribution < -0.4 is 16.0 Å². The lowest BCUT2D eigenvalue weighted by molar-refractivity contribution is -0.129. The molecule has 0 bridgehead atoms. The molecule has 0 fully saturated rings. The largest absolute Gasteiger partial charge is 0.361 e. The van der Waals surface area contributed by atoms with Crippen LogP contribution in [0.3, 0.4) is 0 Å². The van der Waals surface area contributed by atoms with Crippen LogP contribution in [-0.2, 0) is 20.8 Å². The molecular weight excluding hydrogens is 448 g/mol. The van der Waals surface area contributed by atoms with Gasteiger partial charge >= 0.3 is 0 Å². The van der Waals surface area contributed by atoms with Crippen molar-refractivity contribution in [2.24, 2.45) is 0 Å². The second kappa shape index (κ2) is 9.58. The average molecular weight is 471 g/mol. The van der Waals surface area contributed by atoms with Gasteiger partial charge in [-0.05, 0) is 42.3 Å². The van der Waals surface area contributed by atoms with Crippen LogP contribution in [0.5, 0.6) is 0 Å². The number of carbonyl (C=O) groups is 3. The molecule has 3 amide bonds. The van der Waals surface area contributed by atoms with E-state index in [-0.39, 0.29) is 18.4 Å². The van der Waals surface area contributed by atoms with Gasteiger partial charge in [0.2, 0.25) is 17.7 Å². The van der Waals surface area contributed by atoms with E-state index in [0.717, 1.165) is 26.5 Å². The van der Waals surface area contributed by atoms with E-state index in [9.17, 15) is 14.4 Å². The molecule has 1 heterocycles. The van der Waals surface area contributed by atoms with Crippen molar-refractivity contribution in [2.45, 2.75) is 26.3 Å². The second-order valence-corrected chi connectivity index (χ2v) is 7.90. The molecule has 1 unspecified atom stereocenters. The summed E-state index contributed by atoms with van der Waals surface area (Å²) in [4.78, 5) is 39.7. The van der Waals surface area contributed by atoms with Crippen LogP contribution in [0.15, 0.2) is 53.1 Å². The van der Waals surface area contributed by atoms with Crippen molar-refractivity contribution in [1.29, 1.82) is 0 Å². The van der Waals surface area contributed by atoms with Crippen molar-refractivity contribution < 1.29 is 14.4 Å². The number of amides is 3. The first-order chi connectivity index (χ1) is 14.3. The van der Waals surface area contributed by atoms with Gasteiger partial charge in [0, 0.05) is 40.6 Å². The number of benzene rings is 2. The summed E-state index contributed by atoms with van der Waals surface area (Å²) in [7, 11) is 0. The van der Waals surface area contributed by atoms with E-state index in [1.807, 2.05) is 49.5 Å². The van der Waals surface area contributed by atoms with Gasteiger partial charge in [-0.3, -0.25) is 14.4 Å². The molecule has 8 heteroatoms. The van der Waals surface area contributed by atoms with Crippen LogP contribution in [0.2, 0.25) is 0 Å². The summed E-state index contributed by atoms with van der Waals surface area (Å²) in [5.74, 6) is -1.08. The zero-order valence-corrected chi connectivity index (χ0v) is 18.3. The molecule has 3 rings (SSSR count). The number of H-pyrrole nitrogens is 1. The molecule has 0 radical (unpaired) electrons. The average Bonchev–Trinajstić information content (AvgIpc) is 3.11. The Labute approximate surface area is 182 Å². The molecule has 2 aromatic carbocycles. The number of anilines is 1. The highest BCUT2D eigenvalue weighted by Crippen LogP contribution is 2.20. The number of nitrogens with one attached hydrogen (secondary N) is 4. The van der Waals surface area contributed by atoms with Gasteiger partial charge in [-0.2, -0.15) is 0 Å². The van der Waals surface area contributed by atoms with E-state index in [0.29, 0.717) is 12.1 Å². The van der Waals surface area contributed by atoms with Crippen LogP contribution >= 0.6 is 15.9 Å². The third-order valence-electron chi connectivity index (χ3n) is 4.66. The fourth-order valence-corrected chi connectivity index (χ4v) is 3.44. The summed E-state index contributed by atoms with van der Waals surface area (Å²) in [6.45, 7) is 3.08. The Hall–Kier alpha value is -3.13. The molecular formula is C22H23BrN4O3. The smallest absolute Gasteiger partial charge is 0.243 e. The van der Waals surface area contributed by atoms with Gasteiger partial charge < -0.3 is 20.9 Å². The SMILES string of the molecule is CC(=O)NC(Cc1c[nH]c2ccccc12)C(=O)NCC(=O)Nc1ccc(Br)c(C)c1. The fourth-order valence-electron chi connectivity index (χ4n) is 3.19. The molecule has 0 saturated carbocycles. The third kappa shape index (κ3) is 5.48. The Balaban J connectivity index is 1.62. The number of aromatic nitrogens is 1. The monoisotopic (exact) mass is 470 g/mol. The maximum absolute atomic E-state index is 12.7. The van der Waals surface area contributed by atoms with E-state index in [1.54, 1.807) is 6.07 Å². The molecule has 1 atom stereocenters. The first-order valence-corrected chi connectivity index (χ1v) is 10.3. The zero-order chi connectivity index (χ0) is 21.7. The number of hydrogen-bond donors (Lipinski definition) is 4. The molecule has 1 aromatic heterocycles. The summed E-state index contributed by atoms with van der Waals surface area (Å²) in [5, 5.41) is 9.02. The van der Waals surface area contributed by atoms with Gasteiger partial charge in [-0.25, -0.2) is 0 Å². The van der Waals surface area contributed by atoms with Gasteiger partial charge in [0.25, 0.3) is 0 Å². The van der Waals surface area contributed by atoms with Crippen LogP contribution in [0.1, 0.15) is 18.1 Å². The van der Waals surface area contributed by atoms with Gasteiger partial charge in [-0.1, -0.05) is 34.1 Å². The highest BCUT2D eigenvalue weighted by atomic mass is 79.9. The van der Waals surface area contributed by atoms with E-state index in [2.05, 4.69) is 36.9 Å². The molecule has 30 heavy (non-hydrogen) atoms. The molecule has 156 valence electrons. The van der Waals surface area contributed by atoms with Crippen LogP contribution in [0, 0.1) is 6.92 Å². The molecule has 4 N–H and O–H groups in total. The normalized spacial score (nSPS) is 11.7. The third-order valence-corrected chi connectivity index (χ3v) is 5.55. The maximum atomic E-state index is 12.7. The number of fused-ring (bicyclic) bond motifs is 1. The van der Waals surface area contributed by atoms with E-state index < -0.39 is 11.9 Å². The Morgan fingerprint density at radius 2 is 1.90 bits per heavy atom. The maximum Gasteiger partial charge on any atom is 0.243 e. The van der Waals surface area contributed by atoms with Gasteiger partial charge in [0.05, 0.1) is 6.54 Å². The van der Waals surface area contributed by atoms with Crippen LogP contribution in [0.25, 0.3) is 10.9 Å². The predicted octanol–water partition coefficient (Wildman–Crippen LogP) is 3.04. The molecule has 7 nitrogen and oxygen atoms in total. The highest BCUT2D eigenvalue weighted by Gasteiger charge is 2.22. The van der Waals surface area contributed by atoms with E-state index in [4.69, 9.17) is 0 Å². The first kappa shape index (κ1) is 21.6. The molecule has 3 aromatic rings. The summed E-state index contributed by atoms with van der Waals surface area (Å²) >= 11 is 3.41. The molecule has 0 aliphatic carbocycles. The lowest BCUT2D eigenvalue weighted by Gasteiger charge is -2.17. The molecule has 0 spiro atoms. The Morgan fingerprint density at radius 3 is 2.63 bits per heavy atom. The number of hydrogen-bond acceptors (Lipinski definition) is 3. The van der Waals surface area contributed by atoms with Gasteiger partial charge in [0.15, 0.2) is 0 Å². The minimum atomic E-state index is -0.788. The molecule has 0 saturated heterocycles. The fraction of sp³-hybridized carbons (Fsp3) is 0.227. The van der Waals surface area contributed by atoms with Gasteiger partial charge in [0.1, 0.15) is 6.04 Å². The van der Waals surface area contributed by atoms with Crippen LogP contribution in [-0.4, -0.2) is 35.3 Å². The predicted molar refractivity (Wildman–Crippen MR) is 120 cm³/mol.